The van der Waals surface area contributed by atoms with E-state index >= 15 is 0 Å². The van der Waals surface area contributed by atoms with Crippen molar-refractivity contribution in [2.75, 3.05) is 11.9 Å². The van der Waals surface area contributed by atoms with Crippen molar-refractivity contribution in [1.29, 1.82) is 0 Å². The van der Waals surface area contributed by atoms with Gasteiger partial charge in [0.1, 0.15) is 11.8 Å². The van der Waals surface area contributed by atoms with Crippen molar-refractivity contribution in [2.45, 2.75) is 32.7 Å². The first kappa shape index (κ1) is 20.0. The number of amides is 1. The Hall–Kier alpha value is -2.04. The van der Waals surface area contributed by atoms with Gasteiger partial charge in [0.25, 0.3) is 0 Å². The summed E-state index contributed by atoms with van der Waals surface area (Å²) in [5.74, 6) is 0.514. The molecule has 0 radical (unpaired) electrons. The van der Waals surface area contributed by atoms with Crippen LogP contribution in [0.1, 0.15) is 36.9 Å². The third-order valence-corrected chi connectivity index (χ3v) is 3.59. The Morgan fingerprint density at radius 3 is 2.58 bits per heavy atom. The lowest BCUT2D eigenvalue weighted by molar-refractivity contribution is -0.117. The van der Waals surface area contributed by atoms with Crippen molar-refractivity contribution < 1.29 is 9.53 Å². The summed E-state index contributed by atoms with van der Waals surface area (Å²) in [7, 11) is 0. The van der Waals surface area contributed by atoms with Gasteiger partial charge in [-0.3, -0.25) is 4.79 Å². The fraction of sp³-hybridized carbons (Fsp3) is 0.316. The van der Waals surface area contributed by atoms with Gasteiger partial charge in [-0.15, -0.1) is 12.4 Å². The van der Waals surface area contributed by atoms with Gasteiger partial charge < -0.3 is 15.8 Å². The van der Waals surface area contributed by atoms with Gasteiger partial charge in [0.05, 0.1) is 6.61 Å². The molecule has 0 aliphatic rings. The van der Waals surface area contributed by atoms with Gasteiger partial charge in [-0.2, -0.15) is 0 Å². The topological polar surface area (TPSA) is 64.3 Å². The molecule has 1 amide bonds. The average Bonchev–Trinajstić information content (AvgIpc) is 2.55. The summed E-state index contributed by atoms with van der Waals surface area (Å²) >= 11 is 0. The molecule has 0 saturated carbocycles. The van der Waals surface area contributed by atoms with Crippen LogP contribution in [0.15, 0.2) is 48.5 Å². The number of carbonyl (C=O) groups excluding carboxylic acids is 1. The largest absolute Gasteiger partial charge is 0.494 e. The smallest absolute Gasteiger partial charge is 0.245 e. The number of unbranched alkanes of at least 4 members (excludes halogenated alkanes) is 1. The zero-order chi connectivity index (χ0) is 16.7. The Labute approximate surface area is 149 Å². The fourth-order valence-corrected chi connectivity index (χ4v) is 2.14. The van der Waals surface area contributed by atoms with Crippen molar-refractivity contribution in [3.8, 4) is 5.75 Å². The Balaban J connectivity index is 0.00000288. The van der Waals surface area contributed by atoms with E-state index < -0.39 is 6.04 Å². The maximum atomic E-state index is 12.3. The molecule has 130 valence electrons. The quantitative estimate of drug-likeness (QED) is 0.736. The number of rotatable bonds is 7. The summed E-state index contributed by atoms with van der Waals surface area (Å²) in [5.41, 5.74) is 8.65. The molecule has 2 rings (SSSR count). The highest BCUT2D eigenvalue weighted by molar-refractivity contribution is 5.95. The highest BCUT2D eigenvalue weighted by Gasteiger charge is 2.15. The van der Waals surface area contributed by atoms with Crippen molar-refractivity contribution >= 4 is 24.0 Å². The van der Waals surface area contributed by atoms with Crippen LogP contribution in [-0.2, 0) is 4.79 Å². The lowest BCUT2D eigenvalue weighted by Gasteiger charge is -2.14. The Morgan fingerprint density at radius 2 is 1.92 bits per heavy atom. The molecule has 0 aliphatic heterocycles. The molecule has 24 heavy (non-hydrogen) atoms. The van der Waals surface area contributed by atoms with Crippen LogP contribution in [0.4, 0.5) is 5.69 Å². The van der Waals surface area contributed by atoms with Crippen LogP contribution in [0.25, 0.3) is 0 Å². The second kappa shape index (κ2) is 9.96. The zero-order valence-corrected chi connectivity index (χ0v) is 14.9. The van der Waals surface area contributed by atoms with Gasteiger partial charge in [-0.1, -0.05) is 49.2 Å². The number of nitrogens with two attached hydrogens (primary N) is 1. The molecule has 2 aromatic carbocycles. The zero-order valence-electron chi connectivity index (χ0n) is 14.1. The van der Waals surface area contributed by atoms with E-state index in [0.29, 0.717) is 12.3 Å². The molecule has 0 saturated heterocycles. The number of aryl methyl sites for hydroxylation is 1. The first-order chi connectivity index (χ1) is 11.1. The van der Waals surface area contributed by atoms with Crippen LogP contribution in [0.3, 0.4) is 0 Å². The monoisotopic (exact) mass is 348 g/mol. The van der Waals surface area contributed by atoms with Gasteiger partial charge in [-0.05, 0) is 31.0 Å². The van der Waals surface area contributed by atoms with Crippen molar-refractivity contribution in [1.82, 2.24) is 0 Å². The van der Waals surface area contributed by atoms with Gasteiger partial charge >= 0.3 is 0 Å². The van der Waals surface area contributed by atoms with Gasteiger partial charge in [-0.25, -0.2) is 0 Å². The van der Waals surface area contributed by atoms with E-state index in [0.717, 1.165) is 29.7 Å². The summed E-state index contributed by atoms with van der Waals surface area (Å²) in [6.45, 7) is 4.79. The lowest BCUT2D eigenvalue weighted by Crippen LogP contribution is -2.27. The Kier molecular flexibility index (Phi) is 8.30. The van der Waals surface area contributed by atoms with E-state index in [9.17, 15) is 4.79 Å². The average molecular weight is 349 g/mol. The molecule has 3 N–H and O–H groups in total. The second-order valence-corrected chi connectivity index (χ2v) is 5.61. The first-order valence-corrected chi connectivity index (χ1v) is 7.96. The van der Waals surface area contributed by atoms with Crippen molar-refractivity contribution in [2.24, 2.45) is 5.73 Å². The van der Waals surface area contributed by atoms with Crippen LogP contribution < -0.4 is 15.8 Å². The molecule has 0 fully saturated rings. The van der Waals surface area contributed by atoms with Crippen LogP contribution in [0, 0.1) is 6.92 Å². The molecule has 1 atom stereocenters. The summed E-state index contributed by atoms with van der Waals surface area (Å²) in [6.07, 6.45) is 2.09. The van der Waals surface area contributed by atoms with Crippen LogP contribution >= 0.6 is 12.4 Å². The molecule has 2 aromatic rings. The van der Waals surface area contributed by atoms with Crippen LogP contribution in [-0.4, -0.2) is 12.5 Å². The van der Waals surface area contributed by atoms with Crippen LogP contribution in [0.5, 0.6) is 5.75 Å². The summed E-state index contributed by atoms with van der Waals surface area (Å²) in [5, 5.41) is 2.84. The van der Waals surface area contributed by atoms with Crippen molar-refractivity contribution in [3.05, 3.63) is 59.7 Å². The van der Waals surface area contributed by atoms with E-state index in [1.807, 2.05) is 55.5 Å². The Bertz CT molecular complexity index is 644. The highest BCUT2D eigenvalue weighted by atomic mass is 35.5. The third kappa shape index (κ3) is 5.87. The number of carbonyl (C=O) groups is 1. The second-order valence-electron chi connectivity index (χ2n) is 5.61. The van der Waals surface area contributed by atoms with E-state index in [4.69, 9.17) is 10.5 Å². The normalized spacial score (nSPS) is 11.3. The summed E-state index contributed by atoms with van der Waals surface area (Å²) < 4.78 is 5.64. The molecular formula is C19H25ClN2O2. The van der Waals surface area contributed by atoms with Crippen LogP contribution in [0.2, 0.25) is 0 Å². The fourth-order valence-electron chi connectivity index (χ4n) is 2.14. The maximum absolute atomic E-state index is 12.3. The van der Waals surface area contributed by atoms with Gasteiger partial charge in [0.15, 0.2) is 0 Å². The Morgan fingerprint density at radius 1 is 1.21 bits per heavy atom. The minimum Gasteiger partial charge on any atom is -0.494 e. The molecule has 5 heteroatoms. The summed E-state index contributed by atoms with van der Waals surface area (Å²) in [6, 6.07) is 14.3. The number of hydrogen-bond acceptors (Lipinski definition) is 3. The van der Waals surface area contributed by atoms with E-state index in [-0.39, 0.29) is 18.3 Å². The highest BCUT2D eigenvalue weighted by Crippen LogP contribution is 2.19. The standard InChI is InChI=1S/C19H24N2O2.ClH/c1-3-4-12-23-17-7-5-6-16(13-17)21-19(22)18(20)15-10-8-14(2)9-11-15;/h5-11,13,18H,3-4,12,20H2,1-2H3,(H,21,22);1H. The first-order valence-electron chi connectivity index (χ1n) is 7.96. The van der Waals surface area contributed by atoms with Gasteiger partial charge in [0, 0.05) is 11.8 Å². The number of anilines is 1. The lowest BCUT2D eigenvalue weighted by atomic mass is 10.1. The molecular weight excluding hydrogens is 324 g/mol. The number of halogens is 1. The predicted molar refractivity (Wildman–Crippen MR) is 101 cm³/mol. The summed E-state index contributed by atoms with van der Waals surface area (Å²) in [4.78, 5) is 12.3. The SMILES string of the molecule is CCCCOc1cccc(NC(=O)C(N)c2ccc(C)cc2)c1.Cl. The minimum absolute atomic E-state index is 0. The maximum Gasteiger partial charge on any atom is 0.245 e. The molecule has 0 aromatic heterocycles. The van der Waals surface area contributed by atoms with E-state index in [1.54, 1.807) is 0 Å². The predicted octanol–water partition coefficient (Wildman–Crippen LogP) is 4.23. The molecule has 0 heterocycles. The third-order valence-electron chi connectivity index (χ3n) is 3.59. The number of nitrogens with one attached hydrogen (secondary N) is 1. The number of ether oxygens (including phenoxy) is 1. The van der Waals surface area contributed by atoms with E-state index in [2.05, 4.69) is 12.2 Å². The van der Waals surface area contributed by atoms with Crippen molar-refractivity contribution in [3.63, 3.8) is 0 Å². The number of benzene rings is 2. The van der Waals surface area contributed by atoms with Gasteiger partial charge in [0.2, 0.25) is 5.91 Å². The molecule has 0 bridgehead atoms. The number of hydrogen-bond donors (Lipinski definition) is 2. The molecule has 0 spiro atoms. The van der Waals surface area contributed by atoms with E-state index in [1.165, 1.54) is 0 Å². The molecule has 0 aliphatic carbocycles. The molecule has 1 unspecified atom stereocenters. The molecule has 4 nitrogen and oxygen atoms in total. The minimum atomic E-state index is -0.694.